The molecular weight excluding hydrogens is 965 g/mol. The molecule has 0 atom stereocenters. The van der Waals surface area contributed by atoms with E-state index in [9.17, 15) is 28.8 Å². The second-order valence-electron chi connectivity index (χ2n) is 12.2. The number of hydrogen-bond donors (Lipinski definition) is 1. The number of carbonyl (C=O) groups excluding carboxylic acids is 7. The predicted octanol–water partition coefficient (Wildman–Crippen LogP) is 3.02. The van der Waals surface area contributed by atoms with E-state index in [0.29, 0.717) is 50.8 Å². The van der Waals surface area contributed by atoms with Crippen LogP contribution in [-0.2, 0) is 24.1 Å². The van der Waals surface area contributed by atoms with Crippen LogP contribution in [0.1, 0.15) is 62.0 Å². The number of esters is 2. The number of ether oxygens (including phenoxy) is 2. The Morgan fingerprint density at radius 2 is 0.833 bits per heavy atom. The van der Waals surface area contributed by atoms with Crippen LogP contribution < -0.4 is 118 Å². The average Bonchev–Trinajstić information content (AvgIpc) is 3.33. The summed E-state index contributed by atoms with van der Waals surface area (Å²) in [5.41, 5.74) is 3.58. The average molecular weight is 1010 g/mol. The Hall–Kier alpha value is -3.95. The minimum atomic E-state index is -0.526. The summed E-state index contributed by atoms with van der Waals surface area (Å²) in [5, 5.41) is 17.2. The van der Waals surface area contributed by atoms with Crippen molar-refractivity contribution in [3.63, 3.8) is 0 Å². The van der Waals surface area contributed by atoms with E-state index in [-0.39, 0.29) is 164 Å². The molecule has 6 rings (SSSR count). The summed E-state index contributed by atoms with van der Waals surface area (Å²) in [4.78, 5) is 79.4. The van der Waals surface area contributed by atoms with Crippen LogP contribution in [0.4, 0.5) is 0 Å². The van der Waals surface area contributed by atoms with E-state index in [2.05, 4.69) is 11.5 Å². The molecule has 0 aliphatic rings. The Bertz CT molecular complexity index is 2400. The van der Waals surface area contributed by atoms with Crippen molar-refractivity contribution in [1.29, 1.82) is 0 Å². The number of benzene rings is 6. The Kier molecular flexibility index (Phi) is 34.9. The maximum absolute atomic E-state index is 12.2. The number of alkyl halides is 2. The van der Waals surface area contributed by atoms with Crippen molar-refractivity contribution in [2.24, 2.45) is 0 Å². The van der Waals surface area contributed by atoms with Crippen LogP contribution in [0, 0.1) is 0 Å². The molecule has 0 amide bonds. The molecule has 0 saturated carbocycles. The summed E-state index contributed by atoms with van der Waals surface area (Å²) in [7, 11) is 0. The second-order valence-corrected chi connectivity index (χ2v) is 13.4. The van der Waals surface area contributed by atoms with Gasteiger partial charge in [-0.2, -0.15) is 0 Å². The number of phenolic OH excluding ortho intramolecular Hbond substituents is 1. The molecule has 66 heavy (non-hydrogen) atoms. The third-order valence-corrected chi connectivity index (χ3v) is 8.28. The quantitative estimate of drug-likeness (QED) is 0.0161. The number of aromatic hydroxyl groups is 1. The zero-order valence-corrected chi connectivity index (χ0v) is 44.4. The first-order valence-electron chi connectivity index (χ1n) is 18.7. The summed E-state index contributed by atoms with van der Waals surface area (Å²) in [6.45, 7) is 3.13. The molecule has 17 heteroatoms. The maximum Gasteiger partial charge on any atom is 1.00 e. The zero-order valence-electron chi connectivity index (χ0n) is 36.9. The van der Waals surface area contributed by atoms with E-state index in [1.165, 1.54) is 12.1 Å². The molecule has 0 fully saturated rings. The molecule has 0 bridgehead atoms. The normalized spacial score (nSPS) is 9.15. The smallest absolute Gasteiger partial charge is 1.00 e. The van der Waals surface area contributed by atoms with Crippen molar-refractivity contribution < 1.29 is 162 Å². The van der Waals surface area contributed by atoms with Gasteiger partial charge in [0.25, 0.3) is 6.47 Å². The first-order chi connectivity index (χ1) is 30.9. The van der Waals surface area contributed by atoms with Gasteiger partial charge in [0.2, 0.25) is 5.24 Å². The molecule has 0 saturated heterocycles. The summed E-state index contributed by atoms with van der Waals surface area (Å²) < 4.78 is 10.00. The van der Waals surface area contributed by atoms with E-state index >= 15 is 0 Å². The zero-order chi connectivity index (χ0) is 47.1. The number of halogens is 3. The first-order valence-corrected chi connectivity index (χ1v) is 20.2. The van der Waals surface area contributed by atoms with Gasteiger partial charge in [0, 0.05) is 57.6 Å². The maximum atomic E-state index is 12.2. The molecule has 0 aromatic heterocycles. The van der Waals surface area contributed by atoms with Gasteiger partial charge in [0.05, 0.1) is 6.42 Å². The molecule has 6 aromatic rings. The molecule has 0 aliphatic heterocycles. The third kappa shape index (κ3) is 25.3. The van der Waals surface area contributed by atoms with Crippen LogP contribution in [0.5, 0.6) is 17.2 Å². The number of ketones is 3. The topological polar surface area (TPSA) is 190 Å². The minimum absolute atomic E-state index is 0. The second kappa shape index (κ2) is 37.1. The van der Waals surface area contributed by atoms with Gasteiger partial charge in [-0.05, 0) is 84.4 Å². The monoisotopic (exact) mass is 1000 g/mol. The van der Waals surface area contributed by atoms with Gasteiger partial charge in [-0.3, -0.25) is 28.8 Å². The van der Waals surface area contributed by atoms with Crippen LogP contribution in [0.25, 0.3) is 0 Å². The molecular formula is C49H41Cl3K2O12. The van der Waals surface area contributed by atoms with E-state index < -0.39 is 5.97 Å². The van der Waals surface area contributed by atoms with Crippen LogP contribution in [-0.4, -0.2) is 57.9 Å². The number of phenols is 1. The van der Waals surface area contributed by atoms with Gasteiger partial charge < -0.3 is 26.2 Å². The largest absolute Gasteiger partial charge is 1.00 e. The molecule has 0 spiro atoms. The number of hydrogen-bond acceptors (Lipinski definition) is 12. The van der Waals surface area contributed by atoms with Crippen molar-refractivity contribution in [2.45, 2.75) is 12.8 Å². The fourth-order valence-electron chi connectivity index (χ4n) is 4.72. The Balaban J connectivity index is 0. The molecule has 0 heterocycles. The van der Waals surface area contributed by atoms with Crippen molar-refractivity contribution in [3.05, 3.63) is 210 Å². The van der Waals surface area contributed by atoms with Crippen LogP contribution in [0.2, 0.25) is 0 Å². The SMILES string of the molecule is C=CC(=O)Oc1ccc(C(=O)c2ccccc2)cc1.O=C(CCCl)Oc1ccc(C(=O)c2ccccc2)cc1.O=C(Cl)CCCl.O=C(c1ccccc1)c1ccc(O)cc1.O=CO[O-].[H-].[K+].[K+]. The minimum Gasteiger partial charge on any atom is -1.00 e. The van der Waals surface area contributed by atoms with Gasteiger partial charge in [-0.15, -0.1) is 23.2 Å². The predicted molar refractivity (Wildman–Crippen MR) is 242 cm³/mol. The summed E-state index contributed by atoms with van der Waals surface area (Å²) >= 11 is 15.4. The van der Waals surface area contributed by atoms with Crippen LogP contribution in [0.3, 0.4) is 0 Å². The van der Waals surface area contributed by atoms with Crippen LogP contribution in [0.15, 0.2) is 176 Å². The van der Waals surface area contributed by atoms with Crippen molar-refractivity contribution in [2.75, 3.05) is 11.8 Å². The van der Waals surface area contributed by atoms with Crippen molar-refractivity contribution in [1.82, 2.24) is 0 Å². The number of carbonyl (C=O) groups is 7. The molecule has 0 radical (unpaired) electrons. The summed E-state index contributed by atoms with van der Waals surface area (Å²) in [5.74, 6) is 0.427. The van der Waals surface area contributed by atoms with Gasteiger partial charge >= 0.3 is 115 Å². The third-order valence-electron chi connectivity index (χ3n) is 7.72. The van der Waals surface area contributed by atoms with Gasteiger partial charge in [-0.25, -0.2) is 4.79 Å². The van der Waals surface area contributed by atoms with E-state index in [4.69, 9.17) is 59.4 Å². The first kappa shape index (κ1) is 62.1. The Labute approximate surface area is 483 Å². The summed E-state index contributed by atoms with van der Waals surface area (Å²) in [6, 6.07) is 46.2. The molecule has 0 unspecified atom stereocenters. The van der Waals surface area contributed by atoms with Crippen LogP contribution >= 0.6 is 34.8 Å². The van der Waals surface area contributed by atoms with Gasteiger partial charge in [0.1, 0.15) is 17.2 Å². The van der Waals surface area contributed by atoms with E-state index in [1.54, 1.807) is 97.1 Å². The van der Waals surface area contributed by atoms with E-state index in [1.807, 2.05) is 54.6 Å². The molecule has 1 N–H and O–H groups in total. The number of rotatable bonds is 14. The molecule has 332 valence electrons. The van der Waals surface area contributed by atoms with Crippen molar-refractivity contribution >= 4 is 75.8 Å². The molecule has 6 aromatic carbocycles. The molecule has 12 nitrogen and oxygen atoms in total. The molecule has 0 aliphatic carbocycles. The van der Waals surface area contributed by atoms with Gasteiger partial charge in [-0.1, -0.05) is 97.6 Å². The Morgan fingerprint density at radius 1 is 0.530 bits per heavy atom. The fraction of sp³-hybridized carbons (Fsp3) is 0.0816. The fourth-order valence-corrected chi connectivity index (χ4v) is 5.24. The van der Waals surface area contributed by atoms with Crippen molar-refractivity contribution in [3.8, 4) is 17.2 Å². The van der Waals surface area contributed by atoms with Gasteiger partial charge in [0.15, 0.2) is 17.3 Å². The standard InChI is InChI=1S/C16H13ClO3.C16H12O3.C13H10O2.C3H4Cl2O.CH2O3.2K.H/c17-11-10-15(18)20-14-8-6-13(7-9-14)16(19)12-4-2-1-3-5-12;1-2-15(17)19-14-10-8-13(9-11-14)16(18)12-6-4-3-5-7-12;14-12-8-6-11(7-9-12)13(15)10-4-2-1-3-5-10;4-2-1-3(5)6;2-1-4-3;;;/h1-9H,10-11H2;2-11H,1H2;1-9,14H;1-2H2;1,3H;;;/q;;;;;2*+1;-1/p-1. The van der Waals surface area contributed by atoms with E-state index in [0.717, 1.165) is 6.08 Å². The summed E-state index contributed by atoms with van der Waals surface area (Å²) in [6.07, 6.45) is 1.51. The Morgan fingerprint density at radius 3 is 1.11 bits per heavy atom.